The summed E-state index contributed by atoms with van der Waals surface area (Å²) in [5, 5.41) is 4.63. The van der Waals surface area contributed by atoms with Crippen LogP contribution in [0.1, 0.15) is 0 Å². The Morgan fingerprint density at radius 3 is 1.88 bits per heavy atom. The smallest absolute Gasteiger partial charge is 0.135 e. The molecule has 3 nitrogen and oxygen atoms in total. The number of aromatic nitrogens is 1. The fraction of sp³-hybridized carbons (Fsp3) is 0. The fourth-order valence-electron chi connectivity index (χ4n) is 7.70. The molecule has 8 aromatic carbocycles. The van der Waals surface area contributed by atoms with E-state index < -0.39 is 0 Å². The van der Waals surface area contributed by atoms with Crippen LogP contribution >= 0.6 is 0 Å². The van der Waals surface area contributed by atoms with E-state index in [-0.39, 0.29) is 0 Å². The summed E-state index contributed by atoms with van der Waals surface area (Å²) >= 11 is 0. The molecule has 0 bridgehead atoms. The minimum Gasteiger partial charge on any atom is -0.456 e. The van der Waals surface area contributed by atoms with Crippen LogP contribution in [0.2, 0.25) is 0 Å². The molecule has 0 radical (unpaired) electrons. The number of nitrogens with zero attached hydrogens (tertiary/aromatic N) is 2. The van der Waals surface area contributed by atoms with Crippen molar-refractivity contribution >= 4 is 60.8 Å². The molecule has 2 aromatic heterocycles. The van der Waals surface area contributed by atoms with Gasteiger partial charge in [-0.1, -0.05) is 127 Å². The summed E-state index contributed by atoms with van der Waals surface area (Å²) in [6.07, 6.45) is 0. The standard InChI is InChI=1S/C48H32N2O/c1-4-15-33(16-5-1)34-17-14-22-38(31-34)49(36-18-6-2-7-19-36)44-29-28-39(35-27-30-46-42(32-35)40-23-11-13-26-45(40)51-46)48-47(44)41-24-10-12-25-43(41)50(48)37-20-8-3-9-21-37/h1-32H. The van der Waals surface area contributed by atoms with E-state index in [0.29, 0.717) is 0 Å². The van der Waals surface area contributed by atoms with Gasteiger partial charge >= 0.3 is 0 Å². The average Bonchev–Trinajstić information content (AvgIpc) is 3.75. The molecule has 3 heteroatoms. The number of hydrogen-bond donors (Lipinski definition) is 0. The molecular formula is C48H32N2O. The number of hydrogen-bond acceptors (Lipinski definition) is 2. The van der Waals surface area contributed by atoms with Crippen molar-refractivity contribution in [1.29, 1.82) is 0 Å². The SMILES string of the molecule is c1ccc(-c2cccc(N(c3ccccc3)c3ccc(-c4ccc5oc6ccccc6c5c4)c4c3c3ccccc3n4-c3ccccc3)c2)cc1. The number of anilines is 3. The van der Waals surface area contributed by atoms with Gasteiger partial charge in [0.2, 0.25) is 0 Å². The van der Waals surface area contributed by atoms with Crippen LogP contribution in [-0.4, -0.2) is 4.57 Å². The summed E-state index contributed by atoms with van der Waals surface area (Å²) in [7, 11) is 0. The highest BCUT2D eigenvalue weighted by Crippen LogP contribution is 2.48. The highest BCUT2D eigenvalue weighted by atomic mass is 16.3. The average molecular weight is 653 g/mol. The topological polar surface area (TPSA) is 21.3 Å². The molecule has 0 aliphatic rings. The Kier molecular flexibility index (Phi) is 6.81. The maximum Gasteiger partial charge on any atom is 0.135 e. The van der Waals surface area contributed by atoms with Crippen molar-refractivity contribution in [2.75, 3.05) is 4.90 Å². The lowest BCUT2D eigenvalue weighted by molar-refractivity contribution is 0.669. The van der Waals surface area contributed by atoms with Crippen LogP contribution in [-0.2, 0) is 0 Å². The van der Waals surface area contributed by atoms with Crippen molar-refractivity contribution in [2.24, 2.45) is 0 Å². The highest BCUT2D eigenvalue weighted by Gasteiger charge is 2.24. The van der Waals surface area contributed by atoms with E-state index >= 15 is 0 Å². The maximum atomic E-state index is 6.25. The number of furan rings is 1. The first-order chi connectivity index (χ1) is 25.3. The number of fused-ring (bicyclic) bond motifs is 6. The predicted octanol–water partition coefficient (Wildman–Crippen LogP) is 13.5. The summed E-state index contributed by atoms with van der Waals surface area (Å²) in [5.41, 5.74) is 13.2. The van der Waals surface area contributed by atoms with Crippen molar-refractivity contribution in [3.63, 3.8) is 0 Å². The van der Waals surface area contributed by atoms with E-state index in [1.807, 2.05) is 12.1 Å². The van der Waals surface area contributed by atoms with E-state index in [2.05, 4.69) is 191 Å². The van der Waals surface area contributed by atoms with Crippen LogP contribution in [0.4, 0.5) is 17.1 Å². The van der Waals surface area contributed by atoms with Gasteiger partial charge < -0.3 is 13.9 Å². The normalized spacial score (nSPS) is 11.5. The minimum absolute atomic E-state index is 0.893. The van der Waals surface area contributed by atoms with E-state index in [0.717, 1.165) is 66.8 Å². The van der Waals surface area contributed by atoms with Crippen molar-refractivity contribution in [1.82, 2.24) is 4.57 Å². The summed E-state index contributed by atoms with van der Waals surface area (Å²) in [5.74, 6) is 0. The molecule has 0 amide bonds. The molecule has 0 spiro atoms. The first-order valence-corrected chi connectivity index (χ1v) is 17.4. The molecule has 0 saturated heterocycles. The molecule has 0 N–H and O–H groups in total. The highest BCUT2D eigenvalue weighted by molar-refractivity contribution is 6.20. The van der Waals surface area contributed by atoms with Crippen LogP contribution < -0.4 is 4.90 Å². The second kappa shape index (κ2) is 11.9. The van der Waals surface area contributed by atoms with E-state index in [1.165, 1.54) is 21.9 Å². The monoisotopic (exact) mass is 652 g/mol. The molecule has 2 heterocycles. The molecule has 0 unspecified atom stereocenters. The second-order valence-electron chi connectivity index (χ2n) is 12.9. The second-order valence-corrected chi connectivity index (χ2v) is 12.9. The Balaban J connectivity index is 1.31. The first-order valence-electron chi connectivity index (χ1n) is 17.4. The Morgan fingerprint density at radius 2 is 1.06 bits per heavy atom. The molecule has 0 fully saturated rings. The van der Waals surface area contributed by atoms with Gasteiger partial charge in [0.05, 0.1) is 16.7 Å². The Labute approximate surface area is 295 Å². The third-order valence-corrected chi connectivity index (χ3v) is 9.96. The van der Waals surface area contributed by atoms with Crippen LogP contribution in [0.3, 0.4) is 0 Å². The first kappa shape index (κ1) is 29.1. The van der Waals surface area contributed by atoms with E-state index in [1.54, 1.807) is 0 Å². The van der Waals surface area contributed by atoms with Gasteiger partial charge in [-0.15, -0.1) is 0 Å². The zero-order valence-electron chi connectivity index (χ0n) is 27.8. The molecule has 0 saturated carbocycles. The summed E-state index contributed by atoms with van der Waals surface area (Å²) in [6, 6.07) is 69.2. The van der Waals surface area contributed by atoms with Crippen molar-refractivity contribution in [3.05, 3.63) is 194 Å². The molecule has 10 aromatic rings. The molecule has 10 rings (SSSR count). The summed E-state index contributed by atoms with van der Waals surface area (Å²) in [4.78, 5) is 2.41. The number of benzene rings is 8. The van der Waals surface area contributed by atoms with Crippen LogP contribution in [0.15, 0.2) is 199 Å². The fourth-order valence-corrected chi connectivity index (χ4v) is 7.70. The molecule has 0 aliphatic heterocycles. The minimum atomic E-state index is 0.893. The van der Waals surface area contributed by atoms with Crippen LogP contribution in [0.25, 0.3) is 71.7 Å². The molecule has 51 heavy (non-hydrogen) atoms. The van der Waals surface area contributed by atoms with E-state index in [4.69, 9.17) is 4.42 Å². The largest absolute Gasteiger partial charge is 0.456 e. The lowest BCUT2D eigenvalue weighted by Crippen LogP contribution is -2.10. The Bertz CT molecular complexity index is 2850. The third-order valence-electron chi connectivity index (χ3n) is 9.96. The molecule has 0 aliphatic carbocycles. The molecule has 240 valence electrons. The number of rotatable bonds is 6. The lowest BCUT2D eigenvalue weighted by atomic mass is 9.97. The van der Waals surface area contributed by atoms with Crippen LogP contribution in [0.5, 0.6) is 0 Å². The van der Waals surface area contributed by atoms with Crippen molar-refractivity contribution in [3.8, 4) is 27.9 Å². The maximum absolute atomic E-state index is 6.25. The van der Waals surface area contributed by atoms with Crippen molar-refractivity contribution in [2.45, 2.75) is 0 Å². The lowest BCUT2D eigenvalue weighted by Gasteiger charge is -2.27. The summed E-state index contributed by atoms with van der Waals surface area (Å²) < 4.78 is 8.69. The summed E-state index contributed by atoms with van der Waals surface area (Å²) in [6.45, 7) is 0. The van der Waals surface area contributed by atoms with Gasteiger partial charge in [0.25, 0.3) is 0 Å². The van der Waals surface area contributed by atoms with Gasteiger partial charge in [0.1, 0.15) is 11.2 Å². The van der Waals surface area contributed by atoms with Crippen LogP contribution in [0, 0.1) is 0 Å². The van der Waals surface area contributed by atoms with Gasteiger partial charge in [-0.2, -0.15) is 0 Å². The van der Waals surface area contributed by atoms with Gasteiger partial charge in [-0.3, -0.25) is 0 Å². The molecular weight excluding hydrogens is 621 g/mol. The Morgan fingerprint density at radius 1 is 0.412 bits per heavy atom. The predicted molar refractivity (Wildman–Crippen MR) is 214 cm³/mol. The van der Waals surface area contributed by atoms with Gasteiger partial charge in [-0.25, -0.2) is 0 Å². The number of para-hydroxylation sites is 4. The van der Waals surface area contributed by atoms with Gasteiger partial charge in [0, 0.05) is 44.2 Å². The van der Waals surface area contributed by atoms with Gasteiger partial charge in [-0.05, 0) is 83.4 Å². The molecule has 0 atom stereocenters. The van der Waals surface area contributed by atoms with Gasteiger partial charge in [0.15, 0.2) is 0 Å². The zero-order valence-corrected chi connectivity index (χ0v) is 27.8. The van der Waals surface area contributed by atoms with Crippen molar-refractivity contribution < 1.29 is 4.42 Å². The zero-order chi connectivity index (χ0) is 33.7. The Hall–Kier alpha value is -6.84. The third kappa shape index (κ3) is 4.82. The quantitative estimate of drug-likeness (QED) is 0.178. The van der Waals surface area contributed by atoms with E-state index in [9.17, 15) is 0 Å².